The van der Waals surface area contributed by atoms with Crippen LogP contribution in [0.5, 0.6) is 5.75 Å². The maximum absolute atomic E-state index is 7.11. The topological polar surface area (TPSA) is 30.9 Å². The van der Waals surface area contributed by atoms with Crippen LogP contribution in [0.15, 0.2) is 42.5 Å². The van der Waals surface area contributed by atoms with E-state index in [0.717, 1.165) is 26.0 Å². The smallest absolute Gasteiger partial charge is 0.138 e. The Kier molecular flexibility index (Phi) is 4.51. The van der Waals surface area contributed by atoms with Gasteiger partial charge in [-0.3, -0.25) is 0 Å². The van der Waals surface area contributed by atoms with Gasteiger partial charge in [0, 0.05) is 45.0 Å². The lowest BCUT2D eigenvalue weighted by Gasteiger charge is -2.73. The van der Waals surface area contributed by atoms with Crippen LogP contribution in [-0.4, -0.2) is 50.0 Å². The number of nitrogens with zero attached hydrogens (tertiary/aromatic N) is 1. The quantitative estimate of drug-likeness (QED) is 0.438. The number of rotatable bonds is 5. The van der Waals surface area contributed by atoms with E-state index in [1.165, 1.54) is 51.1 Å². The van der Waals surface area contributed by atoms with Crippen molar-refractivity contribution < 1.29 is 14.2 Å². The van der Waals surface area contributed by atoms with Gasteiger partial charge in [0.05, 0.1) is 13.2 Å². The first-order chi connectivity index (χ1) is 17.5. The number of hydrogen-bond donors (Lipinski definition) is 0. The first-order valence-electron chi connectivity index (χ1n) is 13.6. The van der Waals surface area contributed by atoms with E-state index in [4.69, 9.17) is 14.2 Å². The van der Waals surface area contributed by atoms with Crippen molar-refractivity contribution in [1.29, 1.82) is 0 Å². The molecule has 188 valence electrons. The van der Waals surface area contributed by atoms with Crippen LogP contribution in [0.2, 0.25) is 0 Å². The fraction of sp³-hybridized carbons (Fsp3) is 0.548. The summed E-state index contributed by atoms with van der Waals surface area (Å²) in [6.45, 7) is 4.78. The molecule has 3 saturated carbocycles. The molecule has 4 nitrogen and oxygen atoms in total. The van der Waals surface area contributed by atoms with Crippen LogP contribution in [-0.2, 0) is 27.9 Å². The number of ether oxygens (including phenoxy) is 3. The zero-order chi connectivity index (χ0) is 24.3. The number of fused-ring (bicyclic) bond motifs is 3. The van der Waals surface area contributed by atoms with Crippen molar-refractivity contribution in [3.63, 3.8) is 0 Å². The fourth-order valence-electron chi connectivity index (χ4n) is 9.58. The molecular formula is C31H35NO3S. The molecule has 2 aliphatic heterocycles. The largest absolute Gasteiger partial charge is 0.486 e. The summed E-state index contributed by atoms with van der Waals surface area (Å²) in [7, 11) is 4.29. The highest BCUT2D eigenvalue weighted by Crippen LogP contribution is 2.76. The second-order valence-electron chi connectivity index (χ2n) is 12.1. The number of likely N-dealkylation sites (tertiary alicyclic amines) is 1. The lowest BCUT2D eigenvalue weighted by molar-refractivity contribution is -0.282. The monoisotopic (exact) mass is 501 g/mol. The van der Waals surface area contributed by atoms with E-state index in [1.807, 2.05) is 18.4 Å². The number of likely N-dealkylation sites (N-methyl/N-ethyl adjacent to an activating group) is 1. The van der Waals surface area contributed by atoms with E-state index in [-0.39, 0.29) is 22.5 Å². The minimum absolute atomic E-state index is 0.0787. The van der Waals surface area contributed by atoms with E-state index in [2.05, 4.69) is 61.3 Å². The van der Waals surface area contributed by atoms with Gasteiger partial charge in [-0.25, -0.2) is 0 Å². The van der Waals surface area contributed by atoms with Crippen molar-refractivity contribution in [1.82, 2.24) is 4.90 Å². The van der Waals surface area contributed by atoms with Gasteiger partial charge in [-0.1, -0.05) is 30.3 Å². The minimum Gasteiger partial charge on any atom is -0.486 e. The van der Waals surface area contributed by atoms with Gasteiger partial charge in [0.25, 0.3) is 0 Å². The average Bonchev–Trinajstić information content (AvgIpc) is 3.47. The first-order valence-corrected chi connectivity index (χ1v) is 14.4. The van der Waals surface area contributed by atoms with Gasteiger partial charge in [-0.15, -0.1) is 11.3 Å². The fourth-order valence-corrected chi connectivity index (χ4v) is 10.6. The molecule has 4 bridgehead atoms. The van der Waals surface area contributed by atoms with Gasteiger partial charge in [0.2, 0.25) is 0 Å². The summed E-state index contributed by atoms with van der Waals surface area (Å²) in [5.41, 5.74) is 4.40. The van der Waals surface area contributed by atoms with Crippen molar-refractivity contribution >= 4 is 21.4 Å². The molecule has 5 heteroatoms. The van der Waals surface area contributed by atoms with E-state index < -0.39 is 0 Å². The normalized spacial score (nSPS) is 37.8. The Hall–Kier alpha value is -1.92. The molecule has 1 unspecified atom stereocenters. The van der Waals surface area contributed by atoms with Crippen molar-refractivity contribution in [3.05, 3.63) is 64.0 Å². The number of benzene rings is 2. The van der Waals surface area contributed by atoms with E-state index in [1.54, 1.807) is 5.56 Å². The SMILES string of the molecule is COC12CC[C@@]3(C[C@H]1COCc1cc4ccccc4s1)[C@H]1Cc4ccc(C)c5c4[C@@]3(CCN1C)[C@H]2O5. The molecule has 1 aromatic heterocycles. The Morgan fingerprint density at radius 2 is 2.03 bits per heavy atom. The van der Waals surface area contributed by atoms with Crippen LogP contribution in [0.1, 0.15) is 47.3 Å². The second kappa shape index (κ2) is 7.35. The van der Waals surface area contributed by atoms with Gasteiger partial charge >= 0.3 is 0 Å². The Bertz CT molecular complexity index is 1350. The van der Waals surface area contributed by atoms with Crippen molar-refractivity contribution in [2.45, 2.75) is 68.8 Å². The predicted octanol–water partition coefficient (Wildman–Crippen LogP) is 5.87. The van der Waals surface area contributed by atoms with Gasteiger partial charge in [0.1, 0.15) is 17.5 Å². The molecule has 9 rings (SSSR count). The van der Waals surface area contributed by atoms with Gasteiger partial charge in [0.15, 0.2) is 0 Å². The minimum atomic E-state index is -0.289. The van der Waals surface area contributed by atoms with Crippen LogP contribution in [0.4, 0.5) is 0 Å². The van der Waals surface area contributed by atoms with Gasteiger partial charge in [-0.05, 0) is 81.3 Å². The van der Waals surface area contributed by atoms with Crippen LogP contribution in [0.3, 0.4) is 0 Å². The molecule has 3 aromatic rings. The standard InChI is InChI=1S/C31H35NO3S/c1-19-8-9-21-15-25-29-10-11-31(33-3,28-30(29,12-13-32(25)2)26(21)27(19)35-28)22(16-29)17-34-18-23-14-20-6-4-5-7-24(20)36-23/h4-9,14,22,25,28H,10-13,15-18H2,1-3H3/t22-,25+,28+,29+,30-,31?/m0/s1. The van der Waals surface area contributed by atoms with Crippen LogP contribution in [0, 0.1) is 18.3 Å². The van der Waals surface area contributed by atoms with Crippen molar-refractivity contribution in [3.8, 4) is 5.75 Å². The molecule has 4 fully saturated rings. The van der Waals surface area contributed by atoms with Crippen molar-refractivity contribution in [2.75, 3.05) is 27.3 Å². The Morgan fingerprint density at radius 3 is 2.89 bits per heavy atom. The highest BCUT2D eigenvalue weighted by Gasteiger charge is 2.80. The third kappa shape index (κ3) is 2.47. The molecule has 1 saturated heterocycles. The molecule has 4 aliphatic carbocycles. The van der Waals surface area contributed by atoms with Crippen LogP contribution >= 0.6 is 11.3 Å². The predicted molar refractivity (Wildman–Crippen MR) is 143 cm³/mol. The Morgan fingerprint density at radius 1 is 1.14 bits per heavy atom. The summed E-state index contributed by atoms with van der Waals surface area (Å²) >= 11 is 1.85. The molecule has 0 N–H and O–H groups in total. The Balaban J connectivity index is 1.18. The number of aryl methyl sites for hydroxylation is 1. The third-order valence-corrected chi connectivity index (χ3v) is 12.1. The first kappa shape index (κ1) is 22.1. The molecule has 3 heterocycles. The lowest BCUT2D eigenvalue weighted by Crippen LogP contribution is -2.81. The maximum Gasteiger partial charge on any atom is 0.138 e. The second-order valence-corrected chi connectivity index (χ2v) is 13.3. The highest BCUT2D eigenvalue weighted by atomic mass is 32.1. The molecular weight excluding hydrogens is 466 g/mol. The van der Waals surface area contributed by atoms with E-state index in [0.29, 0.717) is 18.6 Å². The zero-order valence-electron chi connectivity index (χ0n) is 21.5. The van der Waals surface area contributed by atoms with Crippen LogP contribution < -0.4 is 4.74 Å². The zero-order valence-corrected chi connectivity index (χ0v) is 22.3. The number of piperidine rings is 1. The van der Waals surface area contributed by atoms with Crippen molar-refractivity contribution in [2.24, 2.45) is 11.3 Å². The average molecular weight is 502 g/mol. The highest BCUT2D eigenvalue weighted by molar-refractivity contribution is 7.19. The van der Waals surface area contributed by atoms with Gasteiger partial charge in [-0.2, -0.15) is 0 Å². The third-order valence-electron chi connectivity index (χ3n) is 11.0. The molecule has 0 amide bonds. The molecule has 36 heavy (non-hydrogen) atoms. The summed E-state index contributed by atoms with van der Waals surface area (Å²) in [6.07, 6.45) is 5.88. The molecule has 2 aromatic carbocycles. The van der Waals surface area contributed by atoms with Crippen LogP contribution in [0.25, 0.3) is 10.1 Å². The van der Waals surface area contributed by atoms with Gasteiger partial charge < -0.3 is 19.1 Å². The molecule has 6 atom stereocenters. The number of methoxy groups -OCH3 is 1. The lowest BCUT2D eigenvalue weighted by atomic mass is 9.35. The number of thiophene rings is 1. The Labute approximate surface area is 217 Å². The molecule has 0 radical (unpaired) electrons. The maximum atomic E-state index is 7.11. The summed E-state index contributed by atoms with van der Waals surface area (Å²) in [4.78, 5) is 3.97. The summed E-state index contributed by atoms with van der Waals surface area (Å²) in [6, 6.07) is 16.2. The summed E-state index contributed by atoms with van der Waals surface area (Å²) in [5, 5.41) is 1.31. The molecule has 6 aliphatic rings. The summed E-state index contributed by atoms with van der Waals surface area (Å²) in [5.74, 6) is 1.52. The molecule has 2 spiro atoms. The van der Waals surface area contributed by atoms with E-state index in [9.17, 15) is 0 Å². The summed E-state index contributed by atoms with van der Waals surface area (Å²) < 4.78 is 21.6. The van der Waals surface area contributed by atoms with E-state index >= 15 is 0 Å². The number of hydrogen-bond acceptors (Lipinski definition) is 5.